The third kappa shape index (κ3) is 2.82. The number of hydrogen-bond acceptors (Lipinski definition) is 4. The van der Waals surface area contributed by atoms with E-state index in [0.717, 1.165) is 39.4 Å². The van der Waals surface area contributed by atoms with Crippen molar-refractivity contribution < 1.29 is 4.42 Å². The molecule has 0 aliphatic rings. The zero-order valence-corrected chi connectivity index (χ0v) is 12.6. The Balaban J connectivity index is 1.77. The Morgan fingerprint density at radius 2 is 2.10 bits per heavy atom. The van der Waals surface area contributed by atoms with E-state index in [1.165, 1.54) is 0 Å². The predicted octanol–water partition coefficient (Wildman–Crippen LogP) is 4.16. The number of benzene rings is 1. The molecule has 0 fully saturated rings. The minimum atomic E-state index is 0.670. The van der Waals surface area contributed by atoms with Gasteiger partial charge in [0.05, 0.1) is 12.2 Å². The van der Waals surface area contributed by atoms with E-state index in [-0.39, 0.29) is 0 Å². The van der Waals surface area contributed by atoms with Crippen LogP contribution in [0.15, 0.2) is 45.4 Å². The average molecular weight is 332 g/mol. The molecular formula is C15H14BrN3O. The molecule has 0 radical (unpaired) electrons. The number of aryl methyl sites for hydroxylation is 1. The van der Waals surface area contributed by atoms with Gasteiger partial charge in [-0.05, 0) is 46.3 Å². The summed E-state index contributed by atoms with van der Waals surface area (Å²) < 4.78 is 6.44. The number of nitrogens with zero attached hydrogens (tertiary/aromatic N) is 2. The molecule has 0 aliphatic carbocycles. The van der Waals surface area contributed by atoms with Crippen molar-refractivity contribution in [3.05, 3.63) is 52.6 Å². The molecule has 0 aliphatic heterocycles. The zero-order chi connectivity index (χ0) is 13.9. The Morgan fingerprint density at radius 3 is 2.90 bits per heavy atom. The summed E-state index contributed by atoms with van der Waals surface area (Å²) in [5, 5.41) is 3.34. The van der Waals surface area contributed by atoms with E-state index in [2.05, 4.69) is 31.2 Å². The number of anilines is 1. The first-order valence-electron chi connectivity index (χ1n) is 6.49. The van der Waals surface area contributed by atoms with Gasteiger partial charge in [0.2, 0.25) is 0 Å². The number of halogens is 1. The molecule has 5 heteroatoms. The third-order valence-corrected chi connectivity index (χ3v) is 3.42. The van der Waals surface area contributed by atoms with E-state index >= 15 is 0 Å². The topological polar surface area (TPSA) is 51.0 Å². The summed E-state index contributed by atoms with van der Waals surface area (Å²) >= 11 is 3.37. The number of aromatic nitrogens is 2. The number of nitrogens with one attached hydrogen (secondary N) is 1. The van der Waals surface area contributed by atoms with E-state index < -0.39 is 0 Å². The smallest absolute Gasteiger partial charge is 0.195 e. The first-order chi connectivity index (χ1) is 9.74. The van der Waals surface area contributed by atoms with Crippen molar-refractivity contribution in [2.45, 2.75) is 19.9 Å². The highest BCUT2D eigenvalue weighted by molar-refractivity contribution is 9.10. The van der Waals surface area contributed by atoms with E-state index in [1.807, 2.05) is 43.3 Å². The lowest BCUT2D eigenvalue weighted by molar-refractivity contribution is 0.538. The second-order valence-electron chi connectivity index (χ2n) is 4.45. The maximum Gasteiger partial charge on any atom is 0.195 e. The standard InChI is InChI=1S/C15H14BrN3O/c1-2-15-19-12-8-10(6-7-13(12)20-15)17-9-11-4-3-5-14(16)18-11/h3-8,17H,2,9H2,1H3. The number of fused-ring (bicyclic) bond motifs is 1. The number of pyridine rings is 1. The molecule has 0 saturated carbocycles. The molecule has 0 unspecified atom stereocenters. The lowest BCUT2D eigenvalue weighted by Gasteiger charge is -2.05. The quantitative estimate of drug-likeness (QED) is 0.729. The van der Waals surface area contributed by atoms with Crippen LogP contribution in [0.2, 0.25) is 0 Å². The fourth-order valence-corrected chi connectivity index (χ4v) is 2.36. The van der Waals surface area contributed by atoms with Crippen LogP contribution in [0.1, 0.15) is 18.5 Å². The number of rotatable bonds is 4. The van der Waals surface area contributed by atoms with Gasteiger partial charge in [0.1, 0.15) is 10.1 Å². The van der Waals surface area contributed by atoms with Crippen LogP contribution in [-0.4, -0.2) is 9.97 Å². The van der Waals surface area contributed by atoms with Crippen molar-refractivity contribution in [1.29, 1.82) is 0 Å². The maximum absolute atomic E-state index is 5.59. The highest BCUT2D eigenvalue weighted by atomic mass is 79.9. The van der Waals surface area contributed by atoms with Crippen molar-refractivity contribution in [1.82, 2.24) is 9.97 Å². The van der Waals surface area contributed by atoms with Gasteiger partial charge in [0.25, 0.3) is 0 Å². The van der Waals surface area contributed by atoms with Crippen molar-refractivity contribution in [2.75, 3.05) is 5.32 Å². The average Bonchev–Trinajstić information content (AvgIpc) is 2.87. The van der Waals surface area contributed by atoms with Crippen molar-refractivity contribution in [3.8, 4) is 0 Å². The normalized spacial score (nSPS) is 10.9. The van der Waals surface area contributed by atoms with Gasteiger partial charge in [-0.25, -0.2) is 9.97 Å². The van der Waals surface area contributed by atoms with Gasteiger partial charge in [0, 0.05) is 12.1 Å². The van der Waals surface area contributed by atoms with Crippen molar-refractivity contribution in [3.63, 3.8) is 0 Å². The Labute approximate surface area is 125 Å². The second-order valence-corrected chi connectivity index (χ2v) is 5.26. The molecule has 102 valence electrons. The van der Waals surface area contributed by atoms with Crippen molar-refractivity contribution >= 4 is 32.7 Å². The van der Waals surface area contributed by atoms with Crippen LogP contribution < -0.4 is 5.32 Å². The van der Waals surface area contributed by atoms with Crippen LogP contribution in [0.4, 0.5) is 5.69 Å². The molecule has 3 aromatic rings. The Morgan fingerprint density at radius 1 is 1.20 bits per heavy atom. The Kier molecular flexibility index (Phi) is 3.69. The molecule has 0 amide bonds. The molecule has 4 nitrogen and oxygen atoms in total. The zero-order valence-electron chi connectivity index (χ0n) is 11.1. The van der Waals surface area contributed by atoms with Crippen molar-refractivity contribution in [2.24, 2.45) is 0 Å². The largest absolute Gasteiger partial charge is 0.441 e. The molecule has 20 heavy (non-hydrogen) atoms. The SMILES string of the molecule is CCc1nc2cc(NCc3cccc(Br)n3)ccc2o1. The number of hydrogen-bond donors (Lipinski definition) is 1. The Hall–Kier alpha value is -1.88. The van der Waals surface area contributed by atoms with Crippen LogP contribution >= 0.6 is 15.9 Å². The lowest BCUT2D eigenvalue weighted by Crippen LogP contribution is -2.01. The van der Waals surface area contributed by atoms with Gasteiger partial charge in [-0.1, -0.05) is 13.0 Å². The van der Waals surface area contributed by atoms with Crippen LogP contribution in [0.25, 0.3) is 11.1 Å². The fourth-order valence-electron chi connectivity index (χ4n) is 1.98. The summed E-state index contributed by atoms with van der Waals surface area (Å²) in [7, 11) is 0. The third-order valence-electron chi connectivity index (χ3n) is 2.98. The maximum atomic E-state index is 5.59. The highest BCUT2D eigenvalue weighted by Gasteiger charge is 2.05. The summed E-state index contributed by atoms with van der Waals surface area (Å²) in [6.07, 6.45) is 0.805. The molecule has 3 rings (SSSR count). The second kappa shape index (κ2) is 5.63. The van der Waals surface area contributed by atoms with Crippen LogP contribution in [0.3, 0.4) is 0 Å². The Bertz CT molecular complexity index is 739. The minimum Gasteiger partial charge on any atom is -0.441 e. The lowest BCUT2D eigenvalue weighted by atomic mass is 10.2. The van der Waals surface area contributed by atoms with Gasteiger partial charge in [-0.15, -0.1) is 0 Å². The molecule has 1 N–H and O–H groups in total. The van der Waals surface area contributed by atoms with E-state index in [0.29, 0.717) is 6.54 Å². The van der Waals surface area contributed by atoms with E-state index in [1.54, 1.807) is 0 Å². The first kappa shape index (κ1) is 13.1. The fraction of sp³-hybridized carbons (Fsp3) is 0.200. The van der Waals surface area contributed by atoms with E-state index in [9.17, 15) is 0 Å². The summed E-state index contributed by atoms with van der Waals surface area (Å²) in [6.45, 7) is 2.70. The molecule has 0 saturated heterocycles. The van der Waals surface area contributed by atoms with Gasteiger partial charge in [-0.3, -0.25) is 0 Å². The summed E-state index contributed by atoms with van der Waals surface area (Å²) in [5.41, 5.74) is 3.70. The number of oxazole rings is 1. The predicted molar refractivity (Wildman–Crippen MR) is 82.7 cm³/mol. The highest BCUT2D eigenvalue weighted by Crippen LogP contribution is 2.20. The summed E-state index contributed by atoms with van der Waals surface area (Å²) in [6, 6.07) is 11.8. The molecule has 2 heterocycles. The molecule has 0 bridgehead atoms. The molecule has 0 spiro atoms. The molecule has 0 atom stereocenters. The molecule has 1 aromatic carbocycles. The van der Waals surface area contributed by atoms with E-state index in [4.69, 9.17) is 4.42 Å². The van der Waals surface area contributed by atoms with Crippen LogP contribution in [0.5, 0.6) is 0 Å². The van der Waals surface area contributed by atoms with Gasteiger partial charge >= 0.3 is 0 Å². The molecular weight excluding hydrogens is 318 g/mol. The molecule has 2 aromatic heterocycles. The summed E-state index contributed by atoms with van der Waals surface area (Å²) in [4.78, 5) is 8.82. The van der Waals surface area contributed by atoms with Crippen LogP contribution in [0, 0.1) is 0 Å². The van der Waals surface area contributed by atoms with Gasteiger partial charge in [0.15, 0.2) is 11.5 Å². The summed E-state index contributed by atoms with van der Waals surface area (Å²) in [5.74, 6) is 0.769. The first-order valence-corrected chi connectivity index (χ1v) is 7.28. The van der Waals surface area contributed by atoms with Crippen LogP contribution in [-0.2, 0) is 13.0 Å². The van der Waals surface area contributed by atoms with Gasteiger partial charge in [-0.2, -0.15) is 0 Å². The van der Waals surface area contributed by atoms with Gasteiger partial charge < -0.3 is 9.73 Å². The minimum absolute atomic E-state index is 0.670. The monoisotopic (exact) mass is 331 g/mol.